The van der Waals surface area contributed by atoms with E-state index in [4.69, 9.17) is 10.7 Å². The van der Waals surface area contributed by atoms with Crippen LogP contribution < -0.4 is 11.1 Å². The molecule has 0 saturated heterocycles. The summed E-state index contributed by atoms with van der Waals surface area (Å²) >= 11 is 0. The first kappa shape index (κ1) is 27.3. The van der Waals surface area contributed by atoms with E-state index >= 15 is 0 Å². The van der Waals surface area contributed by atoms with Crippen molar-refractivity contribution in [2.24, 2.45) is 17.6 Å². The predicted octanol–water partition coefficient (Wildman–Crippen LogP) is 6.35. The van der Waals surface area contributed by atoms with E-state index in [0.717, 1.165) is 53.6 Å². The second-order valence-electron chi connectivity index (χ2n) is 11.0. The van der Waals surface area contributed by atoms with Crippen LogP contribution in [0.5, 0.6) is 0 Å². The number of hydrogen-bond donors (Lipinski definition) is 3. The van der Waals surface area contributed by atoms with E-state index in [1.165, 1.54) is 4.90 Å². The zero-order chi connectivity index (χ0) is 27.4. The predicted molar refractivity (Wildman–Crippen MR) is 152 cm³/mol. The molecule has 200 valence electrons. The third-order valence-corrected chi connectivity index (χ3v) is 7.85. The summed E-state index contributed by atoms with van der Waals surface area (Å²) in [6.45, 7) is 5.92. The fourth-order valence-electron chi connectivity index (χ4n) is 5.27. The number of nitrogens with one attached hydrogen (secondary N) is 1. The molecule has 4 rings (SSSR count). The monoisotopic (exact) mass is 514 g/mol. The van der Waals surface area contributed by atoms with Gasteiger partial charge in [-0.05, 0) is 62.6 Å². The van der Waals surface area contributed by atoms with Gasteiger partial charge in [-0.2, -0.15) is 0 Å². The Bertz CT molecular complexity index is 1260. The van der Waals surface area contributed by atoms with Gasteiger partial charge in [-0.3, -0.25) is 9.78 Å². The van der Waals surface area contributed by atoms with Gasteiger partial charge < -0.3 is 21.1 Å². The SMILES string of the molecule is CC(C(=O)Nc1cnc(-c2ccc(C(C)(C)N)cc2)c(-c2ccccc2)c1)[C@H]1CC[C@H](N(C)C(=O)O)CC1. The largest absolute Gasteiger partial charge is 0.465 e. The van der Waals surface area contributed by atoms with E-state index < -0.39 is 11.6 Å². The molecule has 1 aromatic heterocycles. The van der Waals surface area contributed by atoms with Crippen LogP contribution in [0, 0.1) is 11.8 Å². The van der Waals surface area contributed by atoms with Crippen molar-refractivity contribution in [2.75, 3.05) is 12.4 Å². The molecule has 1 fully saturated rings. The zero-order valence-electron chi connectivity index (χ0n) is 22.6. The minimum Gasteiger partial charge on any atom is -0.465 e. The van der Waals surface area contributed by atoms with Gasteiger partial charge in [0, 0.05) is 35.7 Å². The zero-order valence-corrected chi connectivity index (χ0v) is 22.6. The number of benzene rings is 2. The van der Waals surface area contributed by atoms with Crippen molar-refractivity contribution in [3.8, 4) is 22.4 Å². The summed E-state index contributed by atoms with van der Waals surface area (Å²) in [5.41, 5.74) is 11.3. The number of anilines is 1. The molecule has 7 nitrogen and oxygen atoms in total. The van der Waals surface area contributed by atoms with Crippen molar-refractivity contribution >= 4 is 17.7 Å². The number of nitrogens with zero attached hydrogens (tertiary/aromatic N) is 2. The number of carboxylic acid groups (broad SMARTS) is 1. The van der Waals surface area contributed by atoms with Crippen molar-refractivity contribution < 1.29 is 14.7 Å². The average Bonchev–Trinajstić information content (AvgIpc) is 2.92. The maximum absolute atomic E-state index is 13.2. The molecule has 2 aromatic carbocycles. The fraction of sp³-hybridized carbons (Fsp3) is 0.387. The van der Waals surface area contributed by atoms with Crippen molar-refractivity contribution in [1.82, 2.24) is 9.88 Å². The van der Waals surface area contributed by atoms with Crippen LogP contribution in [-0.2, 0) is 10.3 Å². The Morgan fingerprint density at radius 1 is 1.03 bits per heavy atom. The van der Waals surface area contributed by atoms with Gasteiger partial charge >= 0.3 is 6.09 Å². The summed E-state index contributed by atoms with van der Waals surface area (Å²) < 4.78 is 0. The maximum atomic E-state index is 13.2. The third-order valence-electron chi connectivity index (χ3n) is 7.85. The molecule has 2 amide bonds. The first-order valence-corrected chi connectivity index (χ1v) is 13.3. The molecule has 0 spiro atoms. The molecule has 1 aliphatic rings. The minimum absolute atomic E-state index is 0.0224. The highest BCUT2D eigenvalue weighted by atomic mass is 16.4. The summed E-state index contributed by atoms with van der Waals surface area (Å²) in [4.78, 5) is 30.7. The summed E-state index contributed by atoms with van der Waals surface area (Å²) in [6, 6.07) is 20.2. The maximum Gasteiger partial charge on any atom is 0.407 e. The number of aromatic nitrogens is 1. The van der Waals surface area contributed by atoms with E-state index in [9.17, 15) is 14.7 Å². The van der Waals surface area contributed by atoms with Gasteiger partial charge in [-0.25, -0.2) is 4.79 Å². The van der Waals surface area contributed by atoms with E-state index in [2.05, 4.69) is 5.32 Å². The van der Waals surface area contributed by atoms with Gasteiger partial charge in [-0.15, -0.1) is 0 Å². The number of carbonyl (C=O) groups excluding carboxylic acids is 1. The van der Waals surface area contributed by atoms with Gasteiger partial charge in [0.2, 0.25) is 5.91 Å². The molecule has 1 heterocycles. The van der Waals surface area contributed by atoms with Crippen LogP contribution in [0.4, 0.5) is 10.5 Å². The quantitative estimate of drug-likeness (QED) is 0.340. The Morgan fingerprint density at radius 3 is 2.24 bits per heavy atom. The summed E-state index contributed by atoms with van der Waals surface area (Å²) in [7, 11) is 1.62. The molecule has 1 atom stereocenters. The van der Waals surface area contributed by atoms with E-state index in [1.807, 2.05) is 81.4 Å². The molecule has 0 bridgehead atoms. The van der Waals surface area contributed by atoms with Crippen molar-refractivity contribution in [3.05, 3.63) is 72.4 Å². The van der Waals surface area contributed by atoms with Crippen molar-refractivity contribution in [3.63, 3.8) is 0 Å². The lowest BCUT2D eigenvalue weighted by molar-refractivity contribution is -0.121. The van der Waals surface area contributed by atoms with Gasteiger partial charge in [0.05, 0.1) is 17.6 Å². The standard InChI is InChI=1S/C31H38N4O3/c1-20(21-12-16-26(17-13-21)35(4)30(37)38)29(36)34-25-18-27(22-8-6-5-7-9-22)28(33-19-25)23-10-14-24(15-11-23)31(2,3)32/h5-11,14-15,18-21,26H,12-13,16-17,32H2,1-4H3,(H,34,36)(H,37,38)/t20?,21-,26-. The number of pyridine rings is 1. The molecule has 0 radical (unpaired) electrons. The minimum atomic E-state index is -0.899. The molecule has 0 aliphatic heterocycles. The number of rotatable bonds is 7. The van der Waals surface area contributed by atoms with E-state index in [1.54, 1.807) is 13.2 Å². The highest BCUT2D eigenvalue weighted by Gasteiger charge is 2.32. The molecular formula is C31H38N4O3. The summed E-state index contributed by atoms with van der Waals surface area (Å²) in [5, 5.41) is 12.3. The summed E-state index contributed by atoms with van der Waals surface area (Å²) in [5.74, 6) is 0.000750. The van der Waals surface area contributed by atoms with Crippen LogP contribution in [0.3, 0.4) is 0 Å². The number of nitrogens with two attached hydrogens (primary N) is 1. The van der Waals surface area contributed by atoms with Crippen LogP contribution in [0.2, 0.25) is 0 Å². The molecule has 7 heteroatoms. The van der Waals surface area contributed by atoms with Crippen LogP contribution >= 0.6 is 0 Å². The van der Waals surface area contributed by atoms with Crippen molar-refractivity contribution in [1.29, 1.82) is 0 Å². The molecule has 38 heavy (non-hydrogen) atoms. The molecule has 1 saturated carbocycles. The molecule has 4 N–H and O–H groups in total. The Kier molecular flexibility index (Phi) is 8.17. The van der Waals surface area contributed by atoms with E-state index in [0.29, 0.717) is 5.69 Å². The number of carbonyl (C=O) groups is 2. The lowest BCUT2D eigenvalue weighted by Crippen LogP contribution is -2.40. The highest BCUT2D eigenvalue weighted by molar-refractivity contribution is 5.94. The number of amides is 2. The van der Waals surface area contributed by atoms with Gasteiger partial charge in [0.25, 0.3) is 0 Å². The lowest BCUT2D eigenvalue weighted by Gasteiger charge is -2.35. The second kappa shape index (κ2) is 11.4. The van der Waals surface area contributed by atoms with Gasteiger partial charge in [-0.1, -0.05) is 61.5 Å². The van der Waals surface area contributed by atoms with Gasteiger partial charge in [0.1, 0.15) is 0 Å². The molecule has 1 aliphatic carbocycles. The van der Waals surface area contributed by atoms with Crippen LogP contribution in [0.25, 0.3) is 22.4 Å². The Hall–Kier alpha value is -3.71. The second-order valence-corrected chi connectivity index (χ2v) is 11.0. The van der Waals surface area contributed by atoms with Gasteiger partial charge in [0.15, 0.2) is 0 Å². The van der Waals surface area contributed by atoms with Crippen LogP contribution in [0.15, 0.2) is 66.9 Å². The molecular weight excluding hydrogens is 476 g/mol. The Morgan fingerprint density at radius 2 is 1.66 bits per heavy atom. The molecule has 3 aromatic rings. The topological polar surface area (TPSA) is 109 Å². The van der Waals surface area contributed by atoms with Crippen LogP contribution in [0.1, 0.15) is 52.0 Å². The highest BCUT2D eigenvalue weighted by Crippen LogP contribution is 2.35. The molecule has 1 unspecified atom stereocenters. The first-order chi connectivity index (χ1) is 18.0. The lowest BCUT2D eigenvalue weighted by atomic mass is 9.78. The summed E-state index contributed by atoms with van der Waals surface area (Å²) in [6.07, 6.45) is 4.03. The van der Waals surface area contributed by atoms with Crippen molar-refractivity contribution in [2.45, 2.75) is 58.0 Å². The first-order valence-electron chi connectivity index (χ1n) is 13.3. The normalized spacial score (nSPS) is 18.4. The fourth-order valence-corrected chi connectivity index (χ4v) is 5.27. The van der Waals surface area contributed by atoms with Crippen LogP contribution in [-0.4, -0.2) is 40.1 Å². The third kappa shape index (κ3) is 6.22. The van der Waals surface area contributed by atoms with E-state index in [-0.39, 0.29) is 23.8 Å². The average molecular weight is 515 g/mol. The Labute approximate surface area is 225 Å². The number of hydrogen-bond acceptors (Lipinski definition) is 4. The smallest absolute Gasteiger partial charge is 0.407 e. The Balaban J connectivity index is 1.53.